The second-order valence-corrected chi connectivity index (χ2v) is 10.9. The molecule has 7 nitrogen and oxygen atoms in total. The van der Waals surface area contributed by atoms with Crippen LogP contribution in [0.2, 0.25) is 0 Å². The predicted molar refractivity (Wildman–Crippen MR) is 95.4 cm³/mol. The average Bonchev–Trinajstić information content (AvgIpc) is 2.71. The van der Waals surface area contributed by atoms with Crippen LogP contribution in [-0.4, -0.2) is 77.0 Å². The molecule has 4 saturated carbocycles. The minimum atomic E-state index is -1.94. The highest BCUT2D eigenvalue weighted by atomic mass is 16.4. The molecule has 0 unspecified atom stereocenters. The Kier molecular flexibility index (Phi) is 3.89. The van der Waals surface area contributed by atoms with Crippen molar-refractivity contribution in [2.24, 2.45) is 28.6 Å². The van der Waals surface area contributed by atoms with E-state index in [1.165, 1.54) is 6.92 Å². The van der Waals surface area contributed by atoms with E-state index >= 15 is 0 Å². The van der Waals surface area contributed by atoms with Gasteiger partial charge in [-0.15, -0.1) is 0 Å². The zero-order valence-electron chi connectivity index (χ0n) is 16.5. The minimum Gasteiger partial charge on any atom is -0.392 e. The van der Waals surface area contributed by atoms with E-state index < -0.39 is 63.9 Å². The average molecular weight is 386 g/mol. The maximum absolute atomic E-state index is 11.7. The lowest BCUT2D eigenvalue weighted by molar-refractivity contribution is -0.209. The van der Waals surface area contributed by atoms with Gasteiger partial charge in [0.1, 0.15) is 5.60 Å². The van der Waals surface area contributed by atoms with Crippen LogP contribution in [0.1, 0.15) is 53.4 Å². The Hall–Kier alpha value is -0.280. The van der Waals surface area contributed by atoms with Crippen molar-refractivity contribution in [3.63, 3.8) is 0 Å². The van der Waals surface area contributed by atoms with Crippen LogP contribution in [0, 0.1) is 28.6 Å². The Morgan fingerprint density at radius 1 is 0.815 bits per heavy atom. The van der Waals surface area contributed by atoms with E-state index in [1.54, 1.807) is 20.8 Å². The van der Waals surface area contributed by atoms with Gasteiger partial charge in [-0.2, -0.15) is 0 Å². The Bertz CT molecular complexity index is 646. The molecule has 7 N–H and O–H groups in total. The van der Waals surface area contributed by atoms with Crippen molar-refractivity contribution in [2.45, 2.75) is 94.6 Å². The van der Waals surface area contributed by atoms with E-state index in [-0.39, 0.29) is 18.8 Å². The Morgan fingerprint density at radius 2 is 1.41 bits per heavy atom. The van der Waals surface area contributed by atoms with Gasteiger partial charge in [-0.3, -0.25) is 0 Å². The first-order valence-electron chi connectivity index (χ1n) is 10.0. The van der Waals surface area contributed by atoms with Gasteiger partial charge >= 0.3 is 0 Å². The van der Waals surface area contributed by atoms with Crippen LogP contribution in [0.4, 0.5) is 0 Å². The molecule has 1 spiro atoms. The quantitative estimate of drug-likeness (QED) is 0.287. The lowest BCUT2D eigenvalue weighted by Crippen LogP contribution is -2.62. The maximum atomic E-state index is 11.7. The largest absolute Gasteiger partial charge is 0.392 e. The molecule has 2 bridgehead atoms. The fraction of sp³-hybridized carbons (Fsp3) is 1.00. The standard InChI is InChI=1S/C20H34O7/c1-16(2)15(24)12(22)13-18(4,26)10-6-5-9-14(23)19(10,8-17(9,3)25)7-11(21)20(13,16)27/h9-15,21-27H,5-8H2,1-4H3/t9-,10+,11+,12-,13+,14-,15+,17-,18-,19+,20-/m1/s1. The second-order valence-electron chi connectivity index (χ2n) is 10.9. The molecule has 0 aromatic heterocycles. The smallest absolute Gasteiger partial charge is 0.106 e. The Morgan fingerprint density at radius 3 is 2.00 bits per heavy atom. The SMILES string of the molecule is CC1(C)[C@@H](O)[C@H](O)[C@H]2[C@](C)(O)[C@@H]3CC[C@@H]4[C@@H](O)[C@@]3(C[C@H](O)[C@@]21O)C[C@@]4(C)O. The van der Waals surface area contributed by atoms with Gasteiger partial charge in [0, 0.05) is 22.7 Å². The summed E-state index contributed by atoms with van der Waals surface area (Å²) in [4.78, 5) is 0. The van der Waals surface area contributed by atoms with E-state index in [9.17, 15) is 35.7 Å². The summed E-state index contributed by atoms with van der Waals surface area (Å²) in [6.45, 7) is 6.38. The van der Waals surface area contributed by atoms with Crippen molar-refractivity contribution >= 4 is 0 Å². The summed E-state index contributed by atoms with van der Waals surface area (Å²) in [7, 11) is 0. The summed E-state index contributed by atoms with van der Waals surface area (Å²) in [6.07, 6.45) is -3.78. The van der Waals surface area contributed by atoms with Gasteiger partial charge < -0.3 is 35.7 Å². The van der Waals surface area contributed by atoms with Gasteiger partial charge in [0.15, 0.2) is 0 Å². The number of aliphatic hydroxyl groups is 7. The molecule has 0 heterocycles. The fourth-order valence-electron chi connectivity index (χ4n) is 7.95. The molecule has 0 aromatic carbocycles. The lowest BCUT2D eigenvalue weighted by atomic mass is 9.57. The van der Waals surface area contributed by atoms with Crippen LogP contribution in [0.5, 0.6) is 0 Å². The summed E-state index contributed by atoms with van der Waals surface area (Å²) in [5.41, 5.74) is -6.94. The minimum absolute atomic E-state index is 0.00248. The molecule has 7 heteroatoms. The number of hydrogen-bond acceptors (Lipinski definition) is 7. The van der Waals surface area contributed by atoms with Crippen LogP contribution in [0.3, 0.4) is 0 Å². The molecule has 4 aliphatic rings. The summed E-state index contributed by atoms with van der Waals surface area (Å²) in [6, 6.07) is 0. The zero-order valence-corrected chi connectivity index (χ0v) is 16.5. The number of rotatable bonds is 0. The van der Waals surface area contributed by atoms with Crippen molar-refractivity contribution in [1.82, 2.24) is 0 Å². The number of hydrogen-bond donors (Lipinski definition) is 7. The van der Waals surface area contributed by atoms with E-state index in [1.807, 2.05) is 0 Å². The predicted octanol–water partition coefficient (Wildman–Crippen LogP) is -0.861. The van der Waals surface area contributed by atoms with Crippen molar-refractivity contribution in [2.75, 3.05) is 0 Å². The van der Waals surface area contributed by atoms with E-state index in [0.717, 1.165) is 0 Å². The highest BCUT2D eigenvalue weighted by molar-refractivity contribution is 5.27. The Balaban J connectivity index is 1.92. The van der Waals surface area contributed by atoms with Crippen molar-refractivity contribution in [1.29, 1.82) is 0 Å². The number of aliphatic hydroxyl groups excluding tert-OH is 4. The summed E-state index contributed by atoms with van der Waals surface area (Å²) >= 11 is 0. The third-order valence-electron chi connectivity index (χ3n) is 9.24. The van der Waals surface area contributed by atoms with Gasteiger partial charge in [0.25, 0.3) is 0 Å². The molecule has 27 heavy (non-hydrogen) atoms. The van der Waals surface area contributed by atoms with Crippen LogP contribution in [0.25, 0.3) is 0 Å². The highest BCUT2D eigenvalue weighted by Crippen LogP contribution is 2.69. The third kappa shape index (κ3) is 2.02. The van der Waals surface area contributed by atoms with Gasteiger partial charge in [-0.05, 0) is 45.4 Å². The molecular formula is C20H34O7. The first-order chi connectivity index (χ1) is 12.2. The van der Waals surface area contributed by atoms with E-state index in [4.69, 9.17) is 0 Å². The van der Waals surface area contributed by atoms with Crippen LogP contribution in [-0.2, 0) is 0 Å². The third-order valence-corrected chi connectivity index (χ3v) is 9.24. The molecule has 11 atom stereocenters. The van der Waals surface area contributed by atoms with Crippen molar-refractivity contribution in [3.8, 4) is 0 Å². The normalized spacial score (nSPS) is 64.8. The molecule has 4 rings (SSSR count). The fourth-order valence-corrected chi connectivity index (χ4v) is 7.95. The summed E-state index contributed by atoms with van der Waals surface area (Å²) < 4.78 is 0. The molecule has 156 valence electrons. The topological polar surface area (TPSA) is 142 Å². The molecule has 0 saturated heterocycles. The van der Waals surface area contributed by atoms with Crippen LogP contribution < -0.4 is 0 Å². The Labute approximate surface area is 159 Å². The molecule has 0 aromatic rings. The summed E-state index contributed by atoms with van der Waals surface area (Å²) in [5, 5.41) is 78.0. The van der Waals surface area contributed by atoms with Gasteiger partial charge in [0.2, 0.25) is 0 Å². The summed E-state index contributed by atoms with van der Waals surface area (Å²) in [5.74, 6) is -2.06. The molecule has 0 aliphatic heterocycles. The van der Waals surface area contributed by atoms with Gasteiger partial charge in [0.05, 0.1) is 35.6 Å². The van der Waals surface area contributed by atoms with E-state index in [0.29, 0.717) is 12.8 Å². The lowest BCUT2D eigenvalue weighted by Gasteiger charge is -2.51. The zero-order chi connectivity index (χ0) is 20.4. The van der Waals surface area contributed by atoms with Gasteiger partial charge in [-0.1, -0.05) is 13.8 Å². The van der Waals surface area contributed by atoms with Crippen molar-refractivity contribution in [3.05, 3.63) is 0 Å². The molecule has 4 fully saturated rings. The monoisotopic (exact) mass is 386 g/mol. The molecule has 4 aliphatic carbocycles. The first kappa shape index (κ1) is 20.0. The van der Waals surface area contributed by atoms with Crippen LogP contribution in [0.15, 0.2) is 0 Å². The maximum Gasteiger partial charge on any atom is 0.106 e. The molecule has 0 radical (unpaired) electrons. The van der Waals surface area contributed by atoms with Gasteiger partial charge in [-0.25, -0.2) is 0 Å². The van der Waals surface area contributed by atoms with Crippen LogP contribution >= 0.6 is 0 Å². The molecule has 0 amide bonds. The number of fused-ring (bicyclic) bond motifs is 2. The van der Waals surface area contributed by atoms with Crippen molar-refractivity contribution < 1.29 is 35.7 Å². The molecular weight excluding hydrogens is 352 g/mol. The first-order valence-corrected chi connectivity index (χ1v) is 10.0. The second kappa shape index (κ2) is 5.25. The highest BCUT2D eigenvalue weighted by Gasteiger charge is 2.78. The van der Waals surface area contributed by atoms with E-state index in [2.05, 4.69) is 0 Å².